The van der Waals surface area contributed by atoms with Crippen molar-refractivity contribution in [1.29, 1.82) is 0 Å². The average Bonchev–Trinajstić information content (AvgIpc) is 2.86. The Morgan fingerprint density at radius 3 is 2.14 bits per heavy atom. The van der Waals surface area contributed by atoms with Crippen LogP contribution in [0.5, 0.6) is 0 Å². The van der Waals surface area contributed by atoms with Crippen molar-refractivity contribution >= 4 is 5.78 Å². The summed E-state index contributed by atoms with van der Waals surface area (Å²) in [5.41, 5.74) is 5.97. The molecule has 0 aromatic heterocycles. The molecule has 0 saturated carbocycles. The van der Waals surface area contributed by atoms with Crippen LogP contribution in [0.1, 0.15) is 39.0 Å². The molecular formula is C19H21NO. The van der Waals surface area contributed by atoms with Crippen molar-refractivity contribution in [3.63, 3.8) is 0 Å². The molecule has 0 unspecified atom stereocenters. The van der Waals surface area contributed by atoms with Crippen LogP contribution in [0.25, 0.3) is 0 Å². The van der Waals surface area contributed by atoms with Gasteiger partial charge in [0.2, 0.25) is 0 Å². The van der Waals surface area contributed by atoms with E-state index in [-0.39, 0.29) is 5.78 Å². The number of rotatable bonds is 4. The predicted octanol–water partition coefficient (Wildman–Crippen LogP) is 3.89. The van der Waals surface area contributed by atoms with Crippen LogP contribution in [0.15, 0.2) is 42.5 Å². The first-order chi connectivity index (χ1) is 10.1. The van der Waals surface area contributed by atoms with Crippen LogP contribution in [0.2, 0.25) is 0 Å². The second kappa shape index (κ2) is 5.82. The molecule has 21 heavy (non-hydrogen) atoms. The van der Waals surface area contributed by atoms with Crippen molar-refractivity contribution < 1.29 is 4.79 Å². The van der Waals surface area contributed by atoms with Gasteiger partial charge in [0, 0.05) is 31.6 Å². The first kappa shape index (κ1) is 14.0. The van der Waals surface area contributed by atoms with Crippen molar-refractivity contribution in [1.82, 2.24) is 4.90 Å². The van der Waals surface area contributed by atoms with Crippen LogP contribution >= 0.6 is 0 Å². The summed E-state index contributed by atoms with van der Waals surface area (Å²) < 4.78 is 0. The van der Waals surface area contributed by atoms with Gasteiger partial charge in [0.25, 0.3) is 0 Å². The van der Waals surface area contributed by atoms with Gasteiger partial charge in [-0.3, -0.25) is 9.69 Å². The Morgan fingerprint density at radius 2 is 1.57 bits per heavy atom. The Bertz CT molecular complexity index is 630. The van der Waals surface area contributed by atoms with Crippen LogP contribution in [0, 0.1) is 13.8 Å². The fourth-order valence-corrected chi connectivity index (χ4v) is 3.10. The van der Waals surface area contributed by atoms with E-state index >= 15 is 0 Å². The summed E-state index contributed by atoms with van der Waals surface area (Å²) in [4.78, 5) is 14.7. The molecule has 3 rings (SSSR count). The molecule has 2 aromatic carbocycles. The molecule has 2 nitrogen and oxygen atoms in total. The molecule has 1 aliphatic heterocycles. The second-order valence-electron chi connectivity index (χ2n) is 6.03. The molecule has 0 bridgehead atoms. The van der Waals surface area contributed by atoms with Crippen molar-refractivity contribution in [2.75, 3.05) is 6.54 Å². The minimum atomic E-state index is 0.248. The Labute approximate surface area is 126 Å². The zero-order chi connectivity index (χ0) is 14.8. The Balaban J connectivity index is 1.60. The summed E-state index contributed by atoms with van der Waals surface area (Å²) in [5, 5.41) is 0. The number of benzene rings is 2. The van der Waals surface area contributed by atoms with Gasteiger partial charge < -0.3 is 0 Å². The summed E-state index contributed by atoms with van der Waals surface area (Å²) in [7, 11) is 0. The third-order valence-electron chi connectivity index (χ3n) is 4.11. The first-order valence-corrected chi connectivity index (χ1v) is 7.52. The molecule has 0 saturated heterocycles. The lowest BCUT2D eigenvalue weighted by molar-refractivity contribution is 0.0963. The van der Waals surface area contributed by atoms with E-state index in [1.165, 1.54) is 11.1 Å². The van der Waals surface area contributed by atoms with Gasteiger partial charge in [-0.15, -0.1) is 0 Å². The smallest absolute Gasteiger partial charge is 0.164 e. The zero-order valence-corrected chi connectivity index (χ0v) is 12.7. The number of Topliss-reactive ketones (excluding diaryl/α,β-unsaturated/α-hetero) is 1. The Morgan fingerprint density at radius 1 is 1.00 bits per heavy atom. The van der Waals surface area contributed by atoms with Crippen LogP contribution in [-0.4, -0.2) is 17.2 Å². The highest BCUT2D eigenvalue weighted by Gasteiger charge is 2.19. The topological polar surface area (TPSA) is 20.3 Å². The SMILES string of the molecule is Cc1cc(C)cc(C(=O)CCN2Cc3ccccc3C2)c1. The lowest BCUT2D eigenvalue weighted by atomic mass is 10.0. The van der Waals surface area contributed by atoms with Crippen molar-refractivity contribution in [2.24, 2.45) is 0 Å². The molecule has 0 spiro atoms. The van der Waals surface area contributed by atoms with E-state index in [1.54, 1.807) is 0 Å². The molecule has 0 N–H and O–H groups in total. The molecule has 1 heterocycles. The molecule has 0 fully saturated rings. The molecule has 0 amide bonds. The van der Waals surface area contributed by atoms with E-state index in [9.17, 15) is 4.79 Å². The minimum Gasteiger partial charge on any atom is -0.294 e. The lowest BCUT2D eigenvalue weighted by Gasteiger charge is -2.14. The van der Waals surface area contributed by atoms with Crippen molar-refractivity contribution in [3.8, 4) is 0 Å². The average molecular weight is 279 g/mol. The summed E-state index contributed by atoms with van der Waals surface area (Å²) in [6.45, 7) is 6.86. The molecule has 2 aromatic rings. The lowest BCUT2D eigenvalue weighted by Crippen LogP contribution is -2.20. The van der Waals surface area contributed by atoms with Gasteiger partial charge >= 0.3 is 0 Å². The van der Waals surface area contributed by atoms with Gasteiger partial charge in [0.15, 0.2) is 5.78 Å². The van der Waals surface area contributed by atoms with E-state index in [0.29, 0.717) is 6.42 Å². The third-order valence-corrected chi connectivity index (χ3v) is 4.11. The summed E-state index contributed by atoms with van der Waals surface area (Å²) in [6, 6.07) is 14.6. The van der Waals surface area contributed by atoms with E-state index in [0.717, 1.165) is 36.3 Å². The normalized spacial score (nSPS) is 14.2. The number of hydrogen-bond acceptors (Lipinski definition) is 2. The molecule has 0 atom stereocenters. The van der Waals surface area contributed by atoms with Gasteiger partial charge in [-0.2, -0.15) is 0 Å². The first-order valence-electron chi connectivity index (χ1n) is 7.52. The minimum absolute atomic E-state index is 0.248. The van der Waals surface area contributed by atoms with Crippen molar-refractivity contribution in [2.45, 2.75) is 33.4 Å². The van der Waals surface area contributed by atoms with Crippen molar-refractivity contribution in [3.05, 3.63) is 70.3 Å². The summed E-state index contributed by atoms with van der Waals surface area (Å²) in [6.07, 6.45) is 0.594. The van der Waals surface area contributed by atoms with Crippen LogP contribution in [0.4, 0.5) is 0 Å². The maximum absolute atomic E-state index is 12.4. The van der Waals surface area contributed by atoms with E-state index in [2.05, 4.69) is 35.2 Å². The molecule has 0 aliphatic carbocycles. The van der Waals surface area contributed by atoms with Crippen LogP contribution < -0.4 is 0 Å². The van der Waals surface area contributed by atoms with E-state index in [1.807, 2.05) is 26.0 Å². The van der Waals surface area contributed by atoms with Gasteiger partial charge in [-0.05, 0) is 37.1 Å². The van der Waals surface area contributed by atoms with E-state index in [4.69, 9.17) is 0 Å². The van der Waals surface area contributed by atoms with E-state index < -0.39 is 0 Å². The maximum Gasteiger partial charge on any atom is 0.164 e. The largest absolute Gasteiger partial charge is 0.294 e. The van der Waals surface area contributed by atoms with Crippen LogP contribution in [0.3, 0.4) is 0 Å². The number of ketones is 1. The predicted molar refractivity (Wildman–Crippen MR) is 85.4 cm³/mol. The number of nitrogens with zero attached hydrogens (tertiary/aromatic N) is 1. The highest BCUT2D eigenvalue weighted by Crippen LogP contribution is 2.22. The van der Waals surface area contributed by atoms with Crippen LogP contribution in [-0.2, 0) is 13.1 Å². The number of carbonyl (C=O) groups is 1. The van der Waals surface area contributed by atoms with Gasteiger partial charge in [-0.25, -0.2) is 0 Å². The number of aryl methyl sites for hydroxylation is 2. The van der Waals surface area contributed by atoms with Gasteiger partial charge in [-0.1, -0.05) is 41.5 Å². The summed E-state index contributed by atoms with van der Waals surface area (Å²) >= 11 is 0. The fraction of sp³-hybridized carbons (Fsp3) is 0.316. The van der Waals surface area contributed by atoms with Gasteiger partial charge in [0.05, 0.1) is 0 Å². The maximum atomic E-state index is 12.4. The number of fused-ring (bicyclic) bond motifs is 1. The Kier molecular flexibility index (Phi) is 3.89. The quantitative estimate of drug-likeness (QED) is 0.791. The molecule has 1 aliphatic rings. The highest BCUT2D eigenvalue weighted by atomic mass is 16.1. The third kappa shape index (κ3) is 3.22. The second-order valence-corrected chi connectivity index (χ2v) is 6.03. The standard InChI is InChI=1S/C19H21NO/c1-14-9-15(2)11-18(10-14)19(21)7-8-20-12-16-5-3-4-6-17(16)13-20/h3-6,9-11H,7-8,12-13H2,1-2H3. The molecule has 2 heteroatoms. The van der Waals surface area contributed by atoms with Gasteiger partial charge in [0.1, 0.15) is 0 Å². The molecule has 108 valence electrons. The summed E-state index contributed by atoms with van der Waals surface area (Å²) in [5.74, 6) is 0.248. The molecule has 0 radical (unpaired) electrons. The number of carbonyl (C=O) groups excluding carboxylic acids is 1. The Hall–Kier alpha value is -1.93. The zero-order valence-electron chi connectivity index (χ0n) is 12.7. The number of hydrogen-bond donors (Lipinski definition) is 0. The molecular weight excluding hydrogens is 258 g/mol. The monoisotopic (exact) mass is 279 g/mol. The highest BCUT2D eigenvalue weighted by molar-refractivity contribution is 5.96. The fourth-order valence-electron chi connectivity index (χ4n) is 3.10.